The summed E-state index contributed by atoms with van der Waals surface area (Å²) in [4.78, 5) is 8.60. The average Bonchev–Trinajstić information content (AvgIpc) is 2.85. The van der Waals surface area contributed by atoms with Crippen LogP contribution in [0.3, 0.4) is 0 Å². The van der Waals surface area contributed by atoms with E-state index in [4.69, 9.17) is 4.74 Å². The van der Waals surface area contributed by atoms with E-state index in [1.54, 1.807) is 7.11 Å². The van der Waals surface area contributed by atoms with Crippen molar-refractivity contribution in [2.75, 3.05) is 7.11 Å². The zero-order chi connectivity index (χ0) is 13.2. The number of rotatable bonds is 3. The number of hydrogen-bond donors (Lipinski definition) is 0. The fourth-order valence-corrected chi connectivity index (χ4v) is 1.95. The van der Waals surface area contributed by atoms with Gasteiger partial charge in [0.2, 0.25) is 17.2 Å². The molecular weight excluding hydrogens is 244 g/mol. The van der Waals surface area contributed by atoms with Crippen molar-refractivity contribution in [2.24, 2.45) is 0 Å². The standard InChI is InChI=1S/C13H12N4O2/c1-8-4-3-5-9(6-8)7-10-13(18-2)15-12-11(14-10)16-19-17-12/h3-6H,7H2,1-2H3. The quantitative estimate of drug-likeness (QED) is 0.712. The van der Waals surface area contributed by atoms with E-state index in [0.29, 0.717) is 23.6 Å². The third-order valence-electron chi connectivity index (χ3n) is 2.80. The van der Waals surface area contributed by atoms with Crippen molar-refractivity contribution in [3.05, 3.63) is 41.1 Å². The molecule has 96 valence electrons. The molecule has 3 rings (SSSR count). The molecule has 0 aliphatic heterocycles. The summed E-state index contributed by atoms with van der Waals surface area (Å²) in [6.45, 7) is 2.05. The summed E-state index contributed by atoms with van der Waals surface area (Å²) in [5, 5.41) is 7.35. The molecule has 19 heavy (non-hydrogen) atoms. The van der Waals surface area contributed by atoms with Gasteiger partial charge >= 0.3 is 0 Å². The van der Waals surface area contributed by atoms with E-state index in [1.165, 1.54) is 5.56 Å². The Kier molecular flexibility index (Phi) is 2.83. The molecule has 6 heteroatoms. The van der Waals surface area contributed by atoms with Gasteiger partial charge in [0.25, 0.3) is 0 Å². The maximum Gasteiger partial charge on any atom is 0.246 e. The van der Waals surface area contributed by atoms with E-state index in [-0.39, 0.29) is 0 Å². The third-order valence-corrected chi connectivity index (χ3v) is 2.80. The molecule has 3 aromatic rings. The first-order valence-corrected chi connectivity index (χ1v) is 5.85. The van der Waals surface area contributed by atoms with Crippen LogP contribution in [-0.4, -0.2) is 27.4 Å². The van der Waals surface area contributed by atoms with Crippen LogP contribution in [0, 0.1) is 6.92 Å². The first-order valence-electron chi connectivity index (χ1n) is 5.85. The van der Waals surface area contributed by atoms with E-state index >= 15 is 0 Å². The number of aryl methyl sites for hydroxylation is 1. The maximum absolute atomic E-state index is 5.24. The number of aromatic nitrogens is 4. The number of ether oxygens (including phenoxy) is 1. The summed E-state index contributed by atoms with van der Waals surface area (Å²) in [5.74, 6) is 0.449. The molecule has 0 radical (unpaired) electrons. The van der Waals surface area contributed by atoms with Gasteiger partial charge in [-0.1, -0.05) is 29.8 Å². The largest absolute Gasteiger partial charge is 0.480 e. The second-order valence-corrected chi connectivity index (χ2v) is 4.26. The molecule has 0 unspecified atom stereocenters. The smallest absolute Gasteiger partial charge is 0.246 e. The van der Waals surface area contributed by atoms with Crippen molar-refractivity contribution >= 4 is 11.3 Å². The minimum Gasteiger partial charge on any atom is -0.480 e. The molecule has 0 fully saturated rings. The Morgan fingerprint density at radius 3 is 2.68 bits per heavy atom. The summed E-state index contributed by atoms with van der Waals surface area (Å²) in [7, 11) is 1.56. The summed E-state index contributed by atoms with van der Waals surface area (Å²) in [6, 6.07) is 8.21. The first-order chi connectivity index (χ1) is 9.26. The highest BCUT2D eigenvalue weighted by Crippen LogP contribution is 2.20. The van der Waals surface area contributed by atoms with Gasteiger partial charge in [-0.15, -0.1) is 0 Å². The summed E-state index contributed by atoms with van der Waals surface area (Å²) < 4.78 is 9.85. The Morgan fingerprint density at radius 1 is 1.16 bits per heavy atom. The van der Waals surface area contributed by atoms with E-state index in [2.05, 4.69) is 44.0 Å². The molecule has 0 aliphatic rings. The predicted octanol–water partition coefficient (Wildman–Crippen LogP) is 1.92. The highest BCUT2D eigenvalue weighted by Gasteiger charge is 2.13. The lowest BCUT2D eigenvalue weighted by Gasteiger charge is -2.06. The molecule has 0 bridgehead atoms. The van der Waals surface area contributed by atoms with Gasteiger partial charge in [0.05, 0.1) is 7.11 Å². The molecule has 0 atom stereocenters. The molecule has 2 aromatic heterocycles. The normalized spacial score (nSPS) is 10.8. The Bertz CT molecular complexity index is 723. The lowest BCUT2D eigenvalue weighted by atomic mass is 10.1. The molecule has 0 amide bonds. The highest BCUT2D eigenvalue weighted by atomic mass is 16.6. The van der Waals surface area contributed by atoms with Gasteiger partial charge < -0.3 is 4.74 Å². The van der Waals surface area contributed by atoms with E-state index in [9.17, 15) is 0 Å². The topological polar surface area (TPSA) is 73.9 Å². The van der Waals surface area contributed by atoms with Crippen LogP contribution in [-0.2, 0) is 6.42 Å². The Morgan fingerprint density at radius 2 is 1.95 bits per heavy atom. The molecule has 6 nitrogen and oxygen atoms in total. The Balaban J connectivity index is 2.03. The summed E-state index contributed by atoms with van der Waals surface area (Å²) in [5.41, 5.74) is 3.81. The Labute approximate surface area is 109 Å². The van der Waals surface area contributed by atoms with Gasteiger partial charge in [-0.3, -0.25) is 0 Å². The monoisotopic (exact) mass is 256 g/mol. The second-order valence-electron chi connectivity index (χ2n) is 4.26. The number of nitrogens with zero attached hydrogens (tertiary/aromatic N) is 4. The van der Waals surface area contributed by atoms with E-state index in [1.807, 2.05) is 12.1 Å². The first kappa shape index (κ1) is 11.6. The maximum atomic E-state index is 5.24. The van der Waals surface area contributed by atoms with E-state index in [0.717, 1.165) is 11.3 Å². The fourth-order valence-electron chi connectivity index (χ4n) is 1.95. The second kappa shape index (κ2) is 4.64. The SMILES string of the molecule is COc1nc2nonc2nc1Cc1cccc(C)c1. The number of methoxy groups -OCH3 is 1. The third kappa shape index (κ3) is 2.24. The van der Waals surface area contributed by atoms with Crippen molar-refractivity contribution in [3.8, 4) is 5.88 Å². The van der Waals surface area contributed by atoms with Crippen molar-refractivity contribution < 1.29 is 9.37 Å². The zero-order valence-corrected chi connectivity index (χ0v) is 10.6. The van der Waals surface area contributed by atoms with Crippen molar-refractivity contribution in [1.29, 1.82) is 0 Å². The van der Waals surface area contributed by atoms with Crippen LogP contribution in [0.1, 0.15) is 16.8 Å². The number of benzene rings is 1. The molecule has 2 heterocycles. The van der Waals surface area contributed by atoms with E-state index < -0.39 is 0 Å². The predicted molar refractivity (Wildman–Crippen MR) is 67.9 cm³/mol. The summed E-state index contributed by atoms with van der Waals surface area (Å²) in [6.07, 6.45) is 0.626. The van der Waals surface area contributed by atoms with Gasteiger partial charge in [-0.05, 0) is 22.8 Å². The lowest BCUT2D eigenvalue weighted by molar-refractivity contribution is 0.313. The van der Waals surface area contributed by atoms with Crippen LogP contribution in [0.15, 0.2) is 28.9 Å². The van der Waals surface area contributed by atoms with Crippen LogP contribution in [0.4, 0.5) is 0 Å². The van der Waals surface area contributed by atoms with Gasteiger partial charge in [-0.25, -0.2) is 9.61 Å². The van der Waals surface area contributed by atoms with Crippen LogP contribution < -0.4 is 4.74 Å². The lowest BCUT2D eigenvalue weighted by Crippen LogP contribution is -2.01. The zero-order valence-electron chi connectivity index (χ0n) is 10.6. The van der Waals surface area contributed by atoms with Gasteiger partial charge in [0.15, 0.2) is 0 Å². The molecule has 0 aliphatic carbocycles. The molecular formula is C13H12N4O2. The van der Waals surface area contributed by atoms with Crippen LogP contribution in [0.25, 0.3) is 11.3 Å². The van der Waals surface area contributed by atoms with Crippen molar-refractivity contribution in [2.45, 2.75) is 13.3 Å². The molecule has 0 spiro atoms. The van der Waals surface area contributed by atoms with Crippen molar-refractivity contribution in [1.82, 2.24) is 20.3 Å². The van der Waals surface area contributed by atoms with Crippen LogP contribution in [0.5, 0.6) is 5.88 Å². The molecule has 0 saturated heterocycles. The van der Waals surface area contributed by atoms with Gasteiger partial charge in [0.1, 0.15) is 5.69 Å². The average molecular weight is 256 g/mol. The fraction of sp³-hybridized carbons (Fsp3) is 0.231. The number of fused-ring (bicyclic) bond motifs is 1. The Hall–Kier alpha value is -2.50. The molecule has 0 N–H and O–H groups in total. The highest BCUT2D eigenvalue weighted by molar-refractivity contribution is 5.64. The molecule has 1 aromatic carbocycles. The number of hydrogen-bond acceptors (Lipinski definition) is 6. The molecule has 0 saturated carbocycles. The van der Waals surface area contributed by atoms with Crippen LogP contribution >= 0.6 is 0 Å². The van der Waals surface area contributed by atoms with Crippen molar-refractivity contribution in [3.63, 3.8) is 0 Å². The minimum absolute atomic E-state index is 0.352. The summed E-state index contributed by atoms with van der Waals surface area (Å²) >= 11 is 0. The van der Waals surface area contributed by atoms with Crippen LogP contribution in [0.2, 0.25) is 0 Å². The van der Waals surface area contributed by atoms with Gasteiger partial charge in [0, 0.05) is 6.42 Å². The van der Waals surface area contributed by atoms with Gasteiger partial charge in [-0.2, -0.15) is 4.98 Å². The minimum atomic E-state index is 0.352.